The predicted octanol–water partition coefficient (Wildman–Crippen LogP) is 1.49. The van der Waals surface area contributed by atoms with Crippen LogP contribution in [0.5, 0.6) is 0 Å². The van der Waals surface area contributed by atoms with E-state index >= 15 is 0 Å². The Hall–Kier alpha value is -2.93. The van der Waals surface area contributed by atoms with E-state index in [1.54, 1.807) is 7.05 Å². The van der Waals surface area contributed by atoms with Gasteiger partial charge in [-0.2, -0.15) is 4.31 Å². The molecule has 1 aromatic heterocycles. The van der Waals surface area contributed by atoms with E-state index in [1.807, 2.05) is 0 Å². The Morgan fingerprint density at radius 1 is 1.25 bits per heavy atom. The lowest BCUT2D eigenvalue weighted by Crippen LogP contribution is -2.38. The highest BCUT2D eigenvalue weighted by Crippen LogP contribution is 2.28. The van der Waals surface area contributed by atoms with Crippen molar-refractivity contribution in [3.8, 4) is 0 Å². The van der Waals surface area contributed by atoms with Crippen LogP contribution in [0, 0.1) is 11.6 Å². The highest BCUT2D eigenvalue weighted by atomic mass is 32.2. The van der Waals surface area contributed by atoms with Crippen LogP contribution < -0.4 is 5.32 Å². The lowest BCUT2D eigenvalue weighted by Gasteiger charge is -2.22. The third-order valence-corrected chi connectivity index (χ3v) is 6.92. The highest BCUT2D eigenvalue weighted by molar-refractivity contribution is 7.89. The number of hydrogen-bond acceptors (Lipinski definition) is 6. The molecule has 2 aromatic carbocycles. The SMILES string of the molecule is Cn1cnc2cc(C(=O)Nc3ccc(F)c(F)c3)cc(S(=O)(=O)N3CCOCC(O)C3)c21. The summed E-state index contributed by atoms with van der Waals surface area (Å²) in [6.07, 6.45) is 0.426. The van der Waals surface area contributed by atoms with Crippen LogP contribution in [0.2, 0.25) is 0 Å². The molecule has 1 aliphatic rings. The number of carbonyl (C=O) groups is 1. The minimum absolute atomic E-state index is 0.00668. The number of anilines is 1. The molecule has 2 N–H and O–H groups in total. The summed E-state index contributed by atoms with van der Waals surface area (Å²) in [6.45, 7) is 0.00191. The number of aryl methyl sites for hydroxylation is 1. The first kappa shape index (κ1) is 22.3. The zero-order chi connectivity index (χ0) is 23.0. The molecule has 12 heteroatoms. The molecule has 0 radical (unpaired) electrons. The van der Waals surface area contributed by atoms with E-state index in [4.69, 9.17) is 4.74 Å². The molecule has 4 rings (SSSR count). The number of benzene rings is 2. The van der Waals surface area contributed by atoms with Crippen molar-refractivity contribution in [2.24, 2.45) is 7.05 Å². The van der Waals surface area contributed by atoms with E-state index in [0.717, 1.165) is 16.4 Å². The van der Waals surface area contributed by atoms with Gasteiger partial charge in [0, 0.05) is 37.5 Å². The van der Waals surface area contributed by atoms with E-state index in [2.05, 4.69) is 10.3 Å². The second kappa shape index (κ2) is 8.54. The van der Waals surface area contributed by atoms with Crippen molar-refractivity contribution in [3.63, 3.8) is 0 Å². The fraction of sp³-hybridized carbons (Fsp3) is 0.300. The van der Waals surface area contributed by atoms with Gasteiger partial charge in [-0.3, -0.25) is 4.79 Å². The smallest absolute Gasteiger partial charge is 0.255 e. The van der Waals surface area contributed by atoms with Gasteiger partial charge in [0.05, 0.1) is 36.7 Å². The van der Waals surface area contributed by atoms with Crippen LogP contribution in [0.3, 0.4) is 0 Å². The fourth-order valence-electron chi connectivity index (χ4n) is 3.48. The molecule has 0 spiro atoms. The van der Waals surface area contributed by atoms with Crippen LogP contribution in [0.15, 0.2) is 41.6 Å². The van der Waals surface area contributed by atoms with Gasteiger partial charge < -0.3 is 19.7 Å². The molecule has 1 unspecified atom stereocenters. The Bertz CT molecular complexity index is 1290. The monoisotopic (exact) mass is 466 g/mol. The molecule has 1 saturated heterocycles. The lowest BCUT2D eigenvalue weighted by atomic mass is 10.1. The minimum Gasteiger partial charge on any atom is -0.389 e. The number of amides is 1. The number of ether oxygens (including phenoxy) is 1. The Balaban J connectivity index is 1.76. The zero-order valence-corrected chi connectivity index (χ0v) is 17.8. The van der Waals surface area contributed by atoms with Crippen LogP contribution >= 0.6 is 0 Å². The molecule has 0 saturated carbocycles. The number of hydrogen-bond donors (Lipinski definition) is 2. The van der Waals surface area contributed by atoms with Gasteiger partial charge in [-0.25, -0.2) is 22.2 Å². The Morgan fingerprint density at radius 2 is 2.03 bits per heavy atom. The first-order valence-electron chi connectivity index (χ1n) is 9.64. The molecule has 1 fully saturated rings. The van der Waals surface area contributed by atoms with E-state index in [-0.39, 0.29) is 53.5 Å². The van der Waals surface area contributed by atoms with Crippen LogP contribution in [-0.4, -0.2) is 65.7 Å². The Kier molecular flexibility index (Phi) is 5.95. The van der Waals surface area contributed by atoms with Gasteiger partial charge in [-0.15, -0.1) is 0 Å². The second-order valence-corrected chi connectivity index (χ2v) is 9.28. The topological polar surface area (TPSA) is 114 Å². The van der Waals surface area contributed by atoms with Gasteiger partial charge in [0.2, 0.25) is 10.0 Å². The van der Waals surface area contributed by atoms with Crippen molar-refractivity contribution in [1.82, 2.24) is 13.9 Å². The summed E-state index contributed by atoms with van der Waals surface area (Å²) in [4.78, 5) is 16.8. The van der Waals surface area contributed by atoms with Gasteiger partial charge >= 0.3 is 0 Å². The van der Waals surface area contributed by atoms with Gasteiger partial charge in [-0.1, -0.05) is 0 Å². The average Bonchev–Trinajstić information content (AvgIpc) is 2.97. The van der Waals surface area contributed by atoms with E-state index in [1.165, 1.54) is 29.1 Å². The molecule has 1 amide bonds. The number of aliphatic hydroxyl groups excluding tert-OH is 1. The van der Waals surface area contributed by atoms with Gasteiger partial charge in [0.15, 0.2) is 11.6 Å². The molecule has 32 heavy (non-hydrogen) atoms. The number of imidazole rings is 1. The largest absolute Gasteiger partial charge is 0.389 e. The van der Waals surface area contributed by atoms with Gasteiger partial charge in [0.25, 0.3) is 5.91 Å². The van der Waals surface area contributed by atoms with Crippen molar-refractivity contribution >= 4 is 32.7 Å². The normalized spacial score (nSPS) is 17.9. The van der Waals surface area contributed by atoms with Gasteiger partial charge in [0.1, 0.15) is 4.90 Å². The van der Waals surface area contributed by atoms with E-state index < -0.39 is 33.7 Å². The van der Waals surface area contributed by atoms with Crippen molar-refractivity contribution < 1.29 is 31.8 Å². The zero-order valence-electron chi connectivity index (χ0n) is 17.0. The third-order valence-electron chi connectivity index (χ3n) is 5.04. The maximum absolute atomic E-state index is 13.5. The van der Waals surface area contributed by atoms with E-state index in [0.29, 0.717) is 0 Å². The number of nitrogens with zero attached hydrogens (tertiary/aromatic N) is 3. The summed E-state index contributed by atoms with van der Waals surface area (Å²) in [5, 5.41) is 12.4. The molecule has 3 aromatic rings. The van der Waals surface area contributed by atoms with Crippen molar-refractivity contribution in [2.45, 2.75) is 11.0 Å². The second-order valence-electron chi connectivity index (χ2n) is 7.37. The maximum Gasteiger partial charge on any atom is 0.255 e. The quantitative estimate of drug-likeness (QED) is 0.602. The van der Waals surface area contributed by atoms with Crippen molar-refractivity contribution in [2.75, 3.05) is 31.6 Å². The molecule has 1 aliphatic heterocycles. The lowest BCUT2D eigenvalue weighted by molar-refractivity contribution is 0.0583. The summed E-state index contributed by atoms with van der Waals surface area (Å²) in [6, 6.07) is 5.49. The third kappa shape index (κ3) is 4.21. The highest BCUT2D eigenvalue weighted by Gasteiger charge is 2.32. The van der Waals surface area contributed by atoms with Gasteiger partial charge in [-0.05, 0) is 24.3 Å². The Morgan fingerprint density at radius 3 is 2.78 bits per heavy atom. The molecule has 170 valence electrons. The summed E-state index contributed by atoms with van der Waals surface area (Å²) in [5.74, 6) is -2.91. The summed E-state index contributed by atoms with van der Waals surface area (Å²) in [5.41, 5.74) is 0.517. The van der Waals surface area contributed by atoms with Crippen LogP contribution in [0.4, 0.5) is 14.5 Å². The predicted molar refractivity (Wildman–Crippen MR) is 111 cm³/mol. The number of carbonyl (C=O) groups excluding carboxylic acids is 1. The Labute approximate surface area is 182 Å². The number of β-amino-alcohol motifs (C(OH)–C–C–N with tert-alkyl or cyclic N) is 1. The van der Waals surface area contributed by atoms with Crippen molar-refractivity contribution in [3.05, 3.63) is 53.9 Å². The first-order valence-corrected chi connectivity index (χ1v) is 11.1. The fourth-order valence-corrected chi connectivity index (χ4v) is 5.21. The summed E-state index contributed by atoms with van der Waals surface area (Å²) < 4.78 is 61.4. The number of nitrogens with one attached hydrogen (secondary N) is 1. The van der Waals surface area contributed by atoms with Crippen molar-refractivity contribution in [1.29, 1.82) is 0 Å². The van der Waals surface area contributed by atoms with E-state index in [9.17, 15) is 27.1 Å². The molecular formula is C20H20F2N4O5S. The average molecular weight is 466 g/mol. The number of sulfonamides is 1. The molecule has 2 heterocycles. The van der Waals surface area contributed by atoms with Crippen LogP contribution in [-0.2, 0) is 21.8 Å². The minimum atomic E-state index is -4.14. The first-order chi connectivity index (χ1) is 15.2. The van der Waals surface area contributed by atoms with Crippen LogP contribution in [0.25, 0.3) is 11.0 Å². The number of aromatic nitrogens is 2. The molecular weight excluding hydrogens is 446 g/mol. The molecule has 1 atom stereocenters. The number of rotatable bonds is 4. The molecule has 0 bridgehead atoms. The molecule has 0 aliphatic carbocycles. The van der Waals surface area contributed by atoms with Crippen LogP contribution in [0.1, 0.15) is 10.4 Å². The number of aliphatic hydroxyl groups is 1. The number of fused-ring (bicyclic) bond motifs is 1. The standard InChI is InChI=1S/C20H20F2N4O5S/c1-25-11-23-17-6-12(20(28)24-13-2-3-15(21)16(22)8-13)7-18(19(17)25)32(29,30)26-4-5-31-10-14(27)9-26/h2-3,6-8,11,14,27H,4-5,9-10H2,1H3,(H,24,28). The molecule has 9 nitrogen and oxygen atoms in total. The summed E-state index contributed by atoms with van der Waals surface area (Å²) >= 11 is 0. The number of halogens is 2. The summed E-state index contributed by atoms with van der Waals surface area (Å²) in [7, 11) is -2.51. The maximum atomic E-state index is 13.5.